The smallest absolute Gasteiger partial charge is 0.316 e. The summed E-state index contributed by atoms with van der Waals surface area (Å²) in [6.45, 7) is 2.36. The van der Waals surface area contributed by atoms with Crippen LogP contribution in [0.15, 0.2) is 49.1 Å². The molecule has 0 atom stereocenters. The number of carbonyl (C=O) groups is 1. The number of carbonyl (C=O) groups excluding carboxylic acids is 1. The van der Waals surface area contributed by atoms with E-state index in [-0.39, 0.29) is 5.91 Å². The van der Waals surface area contributed by atoms with Gasteiger partial charge >= 0.3 is 6.01 Å². The van der Waals surface area contributed by atoms with Crippen LogP contribution in [-0.4, -0.2) is 26.9 Å². The van der Waals surface area contributed by atoms with Crippen LogP contribution in [0.2, 0.25) is 0 Å². The minimum atomic E-state index is -0.202. The number of amides is 1. The maximum atomic E-state index is 12.2. The molecule has 106 valence electrons. The van der Waals surface area contributed by atoms with E-state index in [4.69, 9.17) is 4.74 Å². The molecular weight excluding hydrogens is 268 g/mol. The first-order valence-electron chi connectivity index (χ1n) is 6.59. The molecule has 0 saturated carbocycles. The van der Waals surface area contributed by atoms with Gasteiger partial charge in [0.2, 0.25) is 0 Å². The number of aromatic nitrogens is 3. The summed E-state index contributed by atoms with van der Waals surface area (Å²) in [4.78, 5) is 20.2. The summed E-state index contributed by atoms with van der Waals surface area (Å²) in [7, 11) is 0. The maximum Gasteiger partial charge on any atom is 0.316 e. The molecule has 21 heavy (non-hydrogen) atoms. The van der Waals surface area contributed by atoms with Crippen molar-refractivity contribution in [1.29, 1.82) is 0 Å². The van der Waals surface area contributed by atoms with Crippen LogP contribution in [0.25, 0.3) is 5.52 Å². The fourth-order valence-corrected chi connectivity index (χ4v) is 1.97. The molecule has 3 aromatic rings. The summed E-state index contributed by atoms with van der Waals surface area (Å²) in [6.07, 6.45) is 6.71. The van der Waals surface area contributed by atoms with Gasteiger partial charge in [-0.15, -0.1) is 0 Å². The quantitative estimate of drug-likeness (QED) is 0.797. The second-order valence-electron chi connectivity index (χ2n) is 4.40. The largest absolute Gasteiger partial charge is 0.464 e. The van der Waals surface area contributed by atoms with Crippen LogP contribution >= 0.6 is 0 Å². The Kier molecular flexibility index (Phi) is 3.51. The third kappa shape index (κ3) is 2.84. The molecule has 0 saturated heterocycles. The molecule has 0 aliphatic rings. The molecule has 0 radical (unpaired) electrons. The molecular formula is C15H14N4O2. The molecule has 0 aliphatic heterocycles. The normalized spacial score (nSPS) is 10.5. The molecule has 0 fully saturated rings. The average Bonchev–Trinajstić information content (AvgIpc) is 2.94. The standard InChI is InChI=1S/C15H14N4O2/c1-2-21-15-16-8-12(9-17-15)18-14(20)11-7-13-5-3-4-6-19(13)10-11/h3-10H,2H2,1H3,(H,18,20). The Balaban J connectivity index is 1.76. The van der Waals surface area contributed by atoms with Crippen molar-refractivity contribution < 1.29 is 9.53 Å². The summed E-state index contributed by atoms with van der Waals surface area (Å²) in [5.74, 6) is -0.202. The number of ether oxygens (including phenoxy) is 1. The molecule has 0 spiro atoms. The lowest BCUT2D eigenvalue weighted by atomic mass is 10.3. The summed E-state index contributed by atoms with van der Waals surface area (Å²) in [6, 6.07) is 7.90. The Morgan fingerprint density at radius 2 is 2.14 bits per heavy atom. The van der Waals surface area contributed by atoms with Gasteiger partial charge in [0.15, 0.2) is 0 Å². The van der Waals surface area contributed by atoms with E-state index in [0.717, 1.165) is 5.52 Å². The Labute approximate surface area is 121 Å². The second-order valence-corrected chi connectivity index (χ2v) is 4.40. The van der Waals surface area contributed by atoms with E-state index in [9.17, 15) is 4.79 Å². The molecule has 1 amide bonds. The van der Waals surface area contributed by atoms with Crippen LogP contribution in [-0.2, 0) is 0 Å². The summed E-state index contributed by atoms with van der Waals surface area (Å²) in [5.41, 5.74) is 2.07. The highest BCUT2D eigenvalue weighted by atomic mass is 16.5. The molecule has 0 aromatic carbocycles. The van der Waals surface area contributed by atoms with Gasteiger partial charge in [-0.3, -0.25) is 4.79 Å². The van der Waals surface area contributed by atoms with Gasteiger partial charge < -0.3 is 14.5 Å². The number of hydrogen-bond acceptors (Lipinski definition) is 4. The van der Waals surface area contributed by atoms with Crippen LogP contribution in [0.5, 0.6) is 6.01 Å². The van der Waals surface area contributed by atoms with Crippen LogP contribution < -0.4 is 10.1 Å². The van der Waals surface area contributed by atoms with E-state index < -0.39 is 0 Å². The van der Waals surface area contributed by atoms with Gasteiger partial charge in [0, 0.05) is 17.9 Å². The van der Waals surface area contributed by atoms with Gasteiger partial charge in [0.05, 0.1) is 30.3 Å². The topological polar surface area (TPSA) is 68.5 Å². The Bertz CT molecular complexity index is 732. The minimum absolute atomic E-state index is 0.202. The molecule has 6 heteroatoms. The molecule has 6 nitrogen and oxygen atoms in total. The van der Waals surface area contributed by atoms with Gasteiger partial charge in [-0.1, -0.05) is 6.07 Å². The van der Waals surface area contributed by atoms with Crippen molar-refractivity contribution in [3.05, 3.63) is 54.6 Å². The molecule has 3 heterocycles. The Hall–Kier alpha value is -2.89. The lowest BCUT2D eigenvalue weighted by Gasteiger charge is -2.04. The highest BCUT2D eigenvalue weighted by Crippen LogP contribution is 2.13. The van der Waals surface area contributed by atoms with Gasteiger partial charge in [0.1, 0.15) is 0 Å². The minimum Gasteiger partial charge on any atom is -0.464 e. The van der Waals surface area contributed by atoms with Crippen molar-refractivity contribution in [2.75, 3.05) is 11.9 Å². The number of rotatable bonds is 4. The van der Waals surface area contributed by atoms with Crippen LogP contribution in [0, 0.1) is 0 Å². The van der Waals surface area contributed by atoms with Crippen LogP contribution in [0.1, 0.15) is 17.3 Å². The highest BCUT2D eigenvalue weighted by molar-refractivity contribution is 6.04. The van der Waals surface area contributed by atoms with Crippen molar-refractivity contribution >= 4 is 17.1 Å². The highest BCUT2D eigenvalue weighted by Gasteiger charge is 2.09. The van der Waals surface area contributed by atoms with Gasteiger partial charge in [-0.25, -0.2) is 9.97 Å². The molecule has 0 bridgehead atoms. The van der Waals surface area contributed by atoms with Crippen molar-refractivity contribution in [3.63, 3.8) is 0 Å². The molecule has 0 unspecified atom stereocenters. The molecule has 0 aliphatic carbocycles. The first-order valence-corrected chi connectivity index (χ1v) is 6.59. The molecule has 3 rings (SSSR count). The summed E-state index contributed by atoms with van der Waals surface area (Å²) < 4.78 is 7.04. The number of nitrogens with zero attached hydrogens (tertiary/aromatic N) is 3. The van der Waals surface area contributed by atoms with Crippen molar-refractivity contribution in [2.24, 2.45) is 0 Å². The Morgan fingerprint density at radius 3 is 2.86 bits per heavy atom. The van der Waals surface area contributed by atoms with E-state index in [1.54, 1.807) is 6.20 Å². The molecule has 3 aromatic heterocycles. The predicted molar refractivity (Wildman–Crippen MR) is 78.6 cm³/mol. The molecule has 1 N–H and O–H groups in total. The van der Waals surface area contributed by atoms with Crippen molar-refractivity contribution in [3.8, 4) is 6.01 Å². The van der Waals surface area contributed by atoms with E-state index in [1.165, 1.54) is 12.4 Å². The number of pyridine rings is 1. The van der Waals surface area contributed by atoms with Gasteiger partial charge in [-0.2, -0.15) is 0 Å². The predicted octanol–water partition coefficient (Wildman–Crippen LogP) is 2.38. The number of anilines is 1. The van der Waals surface area contributed by atoms with Gasteiger partial charge in [-0.05, 0) is 25.1 Å². The third-order valence-electron chi connectivity index (χ3n) is 2.93. The third-order valence-corrected chi connectivity index (χ3v) is 2.93. The van der Waals surface area contributed by atoms with Crippen LogP contribution in [0.3, 0.4) is 0 Å². The first kappa shape index (κ1) is 13.1. The van der Waals surface area contributed by atoms with E-state index in [2.05, 4.69) is 15.3 Å². The van der Waals surface area contributed by atoms with E-state index >= 15 is 0 Å². The van der Waals surface area contributed by atoms with Gasteiger partial charge in [0.25, 0.3) is 5.91 Å². The fraction of sp³-hybridized carbons (Fsp3) is 0.133. The van der Waals surface area contributed by atoms with Crippen molar-refractivity contribution in [1.82, 2.24) is 14.4 Å². The maximum absolute atomic E-state index is 12.2. The zero-order valence-corrected chi connectivity index (χ0v) is 11.5. The van der Waals surface area contributed by atoms with Crippen LogP contribution in [0.4, 0.5) is 5.69 Å². The summed E-state index contributed by atoms with van der Waals surface area (Å²) >= 11 is 0. The summed E-state index contributed by atoms with van der Waals surface area (Å²) in [5, 5.41) is 2.76. The Morgan fingerprint density at radius 1 is 1.33 bits per heavy atom. The zero-order chi connectivity index (χ0) is 14.7. The number of nitrogens with one attached hydrogen (secondary N) is 1. The fourth-order valence-electron chi connectivity index (χ4n) is 1.97. The zero-order valence-electron chi connectivity index (χ0n) is 11.5. The number of fused-ring (bicyclic) bond motifs is 1. The van der Waals surface area contributed by atoms with Crippen molar-refractivity contribution in [2.45, 2.75) is 6.92 Å². The van der Waals surface area contributed by atoms with E-state index in [0.29, 0.717) is 23.9 Å². The number of hydrogen-bond donors (Lipinski definition) is 1. The first-order chi connectivity index (χ1) is 10.3. The SMILES string of the molecule is CCOc1ncc(NC(=O)c2cc3ccccn3c2)cn1. The monoisotopic (exact) mass is 282 g/mol. The second kappa shape index (κ2) is 5.62. The average molecular weight is 282 g/mol. The van der Waals surface area contributed by atoms with E-state index in [1.807, 2.05) is 41.8 Å². The lowest BCUT2D eigenvalue weighted by molar-refractivity contribution is 0.102. The lowest BCUT2D eigenvalue weighted by Crippen LogP contribution is -2.11.